The number of thiophene rings is 1. The highest BCUT2D eigenvalue weighted by atomic mass is 32.1. The number of hydrogen-bond acceptors (Lipinski definition) is 6. The summed E-state index contributed by atoms with van der Waals surface area (Å²) < 4.78 is 0. The van der Waals surface area contributed by atoms with Crippen molar-refractivity contribution in [2.24, 2.45) is 0 Å². The molecule has 0 amide bonds. The molecular weight excluding hydrogens is 296 g/mol. The molecule has 0 aliphatic carbocycles. The number of aliphatic hydroxyl groups is 1. The van der Waals surface area contributed by atoms with Gasteiger partial charge in [-0.2, -0.15) is 4.98 Å². The summed E-state index contributed by atoms with van der Waals surface area (Å²) in [5.41, 5.74) is 6.83. The fourth-order valence-corrected chi connectivity index (χ4v) is 3.04. The maximum Gasteiger partial charge on any atom is 0.227 e. The van der Waals surface area contributed by atoms with E-state index in [0.717, 1.165) is 15.8 Å². The zero-order valence-corrected chi connectivity index (χ0v) is 13.1. The Morgan fingerprint density at radius 1 is 1.23 bits per heavy atom. The van der Waals surface area contributed by atoms with Crippen molar-refractivity contribution in [1.29, 1.82) is 0 Å². The SMILES string of the molecule is CN(CC[C@H](O)c1cccs1)c1nc(N)c2ccccc2n1. The molecule has 1 aromatic carbocycles. The predicted octanol–water partition coefficient (Wildman–Crippen LogP) is 2.83. The summed E-state index contributed by atoms with van der Waals surface area (Å²) in [4.78, 5) is 11.8. The molecule has 0 saturated carbocycles. The Balaban J connectivity index is 1.73. The number of nitrogen functional groups attached to an aromatic ring is 1. The summed E-state index contributed by atoms with van der Waals surface area (Å²) in [6, 6.07) is 11.6. The molecule has 22 heavy (non-hydrogen) atoms. The van der Waals surface area contributed by atoms with Crippen molar-refractivity contribution < 1.29 is 5.11 Å². The number of anilines is 2. The van der Waals surface area contributed by atoms with Crippen LogP contribution in [0.2, 0.25) is 0 Å². The van der Waals surface area contributed by atoms with E-state index in [4.69, 9.17) is 5.73 Å². The first-order valence-electron chi connectivity index (χ1n) is 7.10. The Kier molecular flexibility index (Phi) is 4.22. The van der Waals surface area contributed by atoms with Gasteiger partial charge in [-0.15, -0.1) is 11.3 Å². The van der Waals surface area contributed by atoms with Crippen molar-refractivity contribution in [3.8, 4) is 0 Å². The lowest BCUT2D eigenvalue weighted by Gasteiger charge is -2.19. The van der Waals surface area contributed by atoms with E-state index < -0.39 is 6.10 Å². The number of para-hydroxylation sites is 1. The third-order valence-electron chi connectivity index (χ3n) is 3.57. The summed E-state index contributed by atoms with van der Waals surface area (Å²) >= 11 is 1.56. The normalized spacial score (nSPS) is 12.5. The Labute approximate surface area is 133 Å². The van der Waals surface area contributed by atoms with E-state index in [2.05, 4.69) is 9.97 Å². The average Bonchev–Trinajstić information content (AvgIpc) is 3.06. The molecular formula is C16H18N4OS. The van der Waals surface area contributed by atoms with E-state index >= 15 is 0 Å². The minimum atomic E-state index is -0.458. The van der Waals surface area contributed by atoms with Crippen LogP contribution in [0, 0.1) is 0 Å². The minimum Gasteiger partial charge on any atom is -0.388 e. The molecule has 0 aliphatic heterocycles. The van der Waals surface area contributed by atoms with E-state index in [1.165, 1.54) is 0 Å². The molecule has 0 fully saturated rings. The van der Waals surface area contributed by atoms with Gasteiger partial charge in [-0.25, -0.2) is 4.98 Å². The smallest absolute Gasteiger partial charge is 0.227 e. The van der Waals surface area contributed by atoms with Gasteiger partial charge in [0.15, 0.2) is 0 Å². The molecule has 2 heterocycles. The number of nitrogens with two attached hydrogens (primary N) is 1. The molecule has 5 nitrogen and oxygen atoms in total. The first kappa shape index (κ1) is 14.7. The molecule has 0 unspecified atom stereocenters. The Hall–Kier alpha value is -2.18. The third-order valence-corrected chi connectivity index (χ3v) is 4.55. The molecule has 0 aliphatic rings. The number of fused-ring (bicyclic) bond motifs is 1. The van der Waals surface area contributed by atoms with Crippen LogP contribution in [-0.4, -0.2) is 28.7 Å². The lowest BCUT2D eigenvalue weighted by molar-refractivity contribution is 0.173. The average molecular weight is 314 g/mol. The van der Waals surface area contributed by atoms with E-state index in [1.54, 1.807) is 11.3 Å². The molecule has 0 spiro atoms. The van der Waals surface area contributed by atoms with Crippen LogP contribution in [0.15, 0.2) is 41.8 Å². The predicted molar refractivity (Wildman–Crippen MR) is 91.1 cm³/mol. The maximum absolute atomic E-state index is 10.1. The van der Waals surface area contributed by atoms with Crippen molar-refractivity contribution in [2.45, 2.75) is 12.5 Å². The molecule has 0 bridgehead atoms. The number of nitrogens with zero attached hydrogens (tertiary/aromatic N) is 3. The Morgan fingerprint density at radius 3 is 2.82 bits per heavy atom. The van der Waals surface area contributed by atoms with Crippen LogP contribution >= 0.6 is 11.3 Å². The zero-order valence-electron chi connectivity index (χ0n) is 12.3. The molecule has 1 atom stereocenters. The van der Waals surface area contributed by atoms with Crippen LogP contribution in [0.25, 0.3) is 10.9 Å². The summed E-state index contributed by atoms with van der Waals surface area (Å²) in [5, 5.41) is 13.0. The van der Waals surface area contributed by atoms with Gasteiger partial charge in [0, 0.05) is 23.9 Å². The number of aliphatic hydroxyl groups excluding tert-OH is 1. The monoisotopic (exact) mass is 314 g/mol. The number of aromatic nitrogens is 2. The number of rotatable bonds is 5. The van der Waals surface area contributed by atoms with Crippen LogP contribution < -0.4 is 10.6 Å². The second kappa shape index (κ2) is 6.29. The van der Waals surface area contributed by atoms with E-state index in [-0.39, 0.29) is 0 Å². The zero-order chi connectivity index (χ0) is 15.5. The van der Waals surface area contributed by atoms with Crippen molar-refractivity contribution in [3.63, 3.8) is 0 Å². The van der Waals surface area contributed by atoms with Crippen LogP contribution in [0.3, 0.4) is 0 Å². The van der Waals surface area contributed by atoms with Crippen LogP contribution in [0.5, 0.6) is 0 Å². The van der Waals surface area contributed by atoms with Crippen molar-refractivity contribution in [3.05, 3.63) is 46.7 Å². The van der Waals surface area contributed by atoms with Crippen LogP contribution in [0.1, 0.15) is 17.4 Å². The molecule has 3 rings (SSSR count). The summed E-state index contributed by atoms with van der Waals surface area (Å²) in [6.45, 7) is 0.650. The molecule has 0 saturated heterocycles. The van der Waals surface area contributed by atoms with E-state index in [9.17, 15) is 5.11 Å². The van der Waals surface area contributed by atoms with E-state index in [1.807, 2.05) is 53.7 Å². The van der Waals surface area contributed by atoms with Gasteiger partial charge in [0.05, 0.1) is 11.6 Å². The Bertz CT molecular complexity index is 760. The largest absolute Gasteiger partial charge is 0.388 e. The standard InChI is InChI=1S/C16H18N4OS/c1-20(9-8-13(21)14-7-4-10-22-14)16-18-12-6-3-2-5-11(12)15(17)19-16/h2-7,10,13,21H,8-9H2,1H3,(H2,17,18,19)/t13-/m0/s1. The van der Waals surface area contributed by atoms with Crippen molar-refractivity contribution >= 4 is 34.0 Å². The maximum atomic E-state index is 10.1. The molecule has 3 aromatic rings. The topological polar surface area (TPSA) is 75.3 Å². The first-order chi connectivity index (χ1) is 10.6. The highest BCUT2D eigenvalue weighted by molar-refractivity contribution is 7.10. The fraction of sp³-hybridized carbons (Fsp3) is 0.250. The highest BCUT2D eigenvalue weighted by Gasteiger charge is 2.13. The van der Waals surface area contributed by atoms with Gasteiger partial charge < -0.3 is 15.7 Å². The molecule has 6 heteroatoms. The van der Waals surface area contributed by atoms with Crippen LogP contribution in [-0.2, 0) is 0 Å². The summed E-state index contributed by atoms with van der Waals surface area (Å²) in [5.74, 6) is 1.06. The summed E-state index contributed by atoms with van der Waals surface area (Å²) in [6.07, 6.45) is 0.160. The molecule has 2 aromatic heterocycles. The van der Waals surface area contributed by atoms with Gasteiger partial charge >= 0.3 is 0 Å². The number of benzene rings is 1. The lowest BCUT2D eigenvalue weighted by Crippen LogP contribution is -2.23. The second-order valence-corrected chi connectivity index (χ2v) is 6.15. The minimum absolute atomic E-state index is 0.458. The van der Waals surface area contributed by atoms with Gasteiger partial charge in [-0.3, -0.25) is 0 Å². The quantitative estimate of drug-likeness (QED) is 0.757. The van der Waals surface area contributed by atoms with Gasteiger partial charge in [-0.1, -0.05) is 18.2 Å². The first-order valence-corrected chi connectivity index (χ1v) is 7.98. The fourth-order valence-electron chi connectivity index (χ4n) is 2.30. The second-order valence-electron chi connectivity index (χ2n) is 5.17. The molecule has 3 N–H and O–H groups in total. The van der Waals surface area contributed by atoms with Gasteiger partial charge in [0.1, 0.15) is 5.82 Å². The van der Waals surface area contributed by atoms with Gasteiger partial charge in [-0.05, 0) is 30.0 Å². The molecule has 114 valence electrons. The number of hydrogen-bond donors (Lipinski definition) is 2. The highest BCUT2D eigenvalue weighted by Crippen LogP contribution is 2.24. The van der Waals surface area contributed by atoms with Crippen LogP contribution in [0.4, 0.5) is 11.8 Å². The lowest BCUT2D eigenvalue weighted by atomic mass is 10.2. The van der Waals surface area contributed by atoms with Gasteiger partial charge in [0.2, 0.25) is 5.95 Å². The van der Waals surface area contributed by atoms with Gasteiger partial charge in [0.25, 0.3) is 0 Å². The van der Waals surface area contributed by atoms with E-state index in [0.29, 0.717) is 24.7 Å². The van der Waals surface area contributed by atoms with Crippen molar-refractivity contribution in [2.75, 3.05) is 24.2 Å². The van der Waals surface area contributed by atoms with Crippen molar-refractivity contribution in [1.82, 2.24) is 9.97 Å². The summed E-state index contributed by atoms with van der Waals surface area (Å²) in [7, 11) is 1.91. The Morgan fingerprint density at radius 2 is 2.05 bits per heavy atom. The third kappa shape index (κ3) is 3.03. The molecule has 0 radical (unpaired) electrons.